The maximum atomic E-state index is 4.86. The first-order chi connectivity index (χ1) is 23.8. The Balaban J connectivity index is 1.15. The maximum absolute atomic E-state index is 4.86. The fourth-order valence-corrected chi connectivity index (χ4v) is 8.23. The van der Waals surface area contributed by atoms with Gasteiger partial charge in [0, 0.05) is 50.2 Å². The monoisotopic (exact) mass is 609 g/mol. The van der Waals surface area contributed by atoms with Crippen LogP contribution in [0, 0.1) is 0 Å². The van der Waals surface area contributed by atoms with Gasteiger partial charge in [0.2, 0.25) is 0 Å². The molecule has 3 aromatic heterocycles. The molecule has 0 fully saturated rings. The Kier molecular flexibility index (Phi) is 5.11. The average molecular weight is 610 g/mol. The SMILES string of the molecule is c1ccc(-n2c3ccccc3c3cc(-c4ccc5c6ccccc6n(-c6cc7c8c(cccc8c6)-c6cccnc6-7)c5c4)ccc32)cc1. The summed E-state index contributed by atoms with van der Waals surface area (Å²) >= 11 is 0. The lowest BCUT2D eigenvalue weighted by atomic mass is 10.0. The smallest absolute Gasteiger partial charge is 0.0787 e. The van der Waals surface area contributed by atoms with Crippen molar-refractivity contribution < 1.29 is 0 Å². The van der Waals surface area contributed by atoms with E-state index >= 15 is 0 Å². The second-order valence-electron chi connectivity index (χ2n) is 12.8. The minimum atomic E-state index is 1.06. The van der Waals surface area contributed by atoms with Gasteiger partial charge in [0.1, 0.15) is 0 Å². The molecular formula is C45H27N3. The highest BCUT2D eigenvalue weighted by molar-refractivity contribution is 6.16. The van der Waals surface area contributed by atoms with Crippen molar-refractivity contribution in [2.45, 2.75) is 0 Å². The zero-order chi connectivity index (χ0) is 31.3. The summed E-state index contributed by atoms with van der Waals surface area (Å²) in [7, 11) is 0. The standard InChI is InChI=1S/C45H27N3/c1-2-11-31(12-3-1)47-41-18-7-5-14-34(41)38-25-28(20-22-42(38)47)29-19-21-35-33-13-4-6-17-40(33)48(43(35)26-29)32-24-30-10-8-15-36-37-16-9-23-46-45(37)39(27-32)44(30)36/h1-27H. The van der Waals surface area contributed by atoms with Crippen LogP contribution in [0.3, 0.4) is 0 Å². The Labute approximate surface area is 276 Å². The Morgan fingerprint density at radius 1 is 0.375 bits per heavy atom. The average Bonchev–Trinajstić information content (AvgIpc) is 3.78. The number of rotatable bonds is 3. The summed E-state index contributed by atoms with van der Waals surface area (Å²) in [5.74, 6) is 0. The van der Waals surface area contributed by atoms with Crippen molar-refractivity contribution in [3.8, 4) is 44.9 Å². The minimum Gasteiger partial charge on any atom is -0.309 e. The molecule has 0 saturated carbocycles. The van der Waals surface area contributed by atoms with Crippen LogP contribution in [-0.4, -0.2) is 14.1 Å². The topological polar surface area (TPSA) is 22.8 Å². The third-order valence-electron chi connectivity index (χ3n) is 10.3. The highest BCUT2D eigenvalue weighted by atomic mass is 15.0. The van der Waals surface area contributed by atoms with E-state index in [0.29, 0.717) is 0 Å². The number of hydrogen-bond donors (Lipinski definition) is 0. The first kappa shape index (κ1) is 25.7. The van der Waals surface area contributed by atoms with Crippen molar-refractivity contribution in [2.75, 3.05) is 0 Å². The van der Waals surface area contributed by atoms with Gasteiger partial charge in [0.25, 0.3) is 0 Å². The predicted molar refractivity (Wildman–Crippen MR) is 200 cm³/mol. The third-order valence-corrected chi connectivity index (χ3v) is 10.3. The van der Waals surface area contributed by atoms with Gasteiger partial charge in [-0.05, 0) is 88.1 Å². The van der Waals surface area contributed by atoms with Gasteiger partial charge in [-0.1, -0.05) is 97.1 Å². The molecule has 0 saturated heterocycles. The van der Waals surface area contributed by atoms with Gasteiger partial charge in [0.15, 0.2) is 0 Å². The summed E-state index contributed by atoms with van der Waals surface area (Å²) in [5.41, 5.74) is 14.3. The van der Waals surface area contributed by atoms with E-state index in [0.717, 1.165) is 11.4 Å². The molecule has 1 aliphatic rings. The summed E-state index contributed by atoms with van der Waals surface area (Å²) in [5, 5.41) is 7.55. The fraction of sp³-hybridized carbons (Fsp3) is 0. The summed E-state index contributed by atoms with van der Waals surface area (Å²) in [6, 6.07) is 57.6. The van der Waals surface area contributed by atoms with Crippen LogP contribution in [0.4, 0.5) is 0 Å². The molecule has 11 rings (SSSR count). The molecule has 7 aromatic carbocycles. The van der Waals surface area contributed by atoms with Crippen LogP contribution in [0.15, 0.2) is 164 Å². The van der Waals surface area contributed by atoms with Gasteiger partial charge in [-0.2, -0.15) is 0 Å². The van der Waals surface area contributed by atoms with Gasteiger partial charge in [-0.15, -0.1) is 0 Å². The molecule has 0 amide bonds. The molecule has 3 heteroatoms. The number of pyridine rings is 1. The Hall–Kier alpha value is -6.45. The van der Waals surface area contributed by atoms with Crippen LogP contribution in [-0.2, 0) is 0 Å². The van der Waals surface area contributed by atoms with Crippen LogP contribution in [0.1, 0.15) is 0 Å². The van der Waals surface area contributed by atoms with Gasteiger partial charge in [0.05, 0.1) is 27.8 Å². The van der Waals surface area contributed by atoms with E-state index in [-0.39, 0.29) is 0 Å². The van der Waals surface area contributed by atoms with Gasteiger partial charge in [-0.3, -0.25) is 4.98 Å². The van der Waals surface area contributed by atoms with E-state index < -0.39 is 0 Å². The first-order valence-corrected chi connectivity index (χ1v) is 16.5. The van der Waals surface area contributed by atoms with Crippen molar-refractivity contribution in [3.05, 3.63) is 164 Å². The molecule has 222 valence electrons. The molecule has 0 radical (unpaired) electrons. The lowest BCUT2D eigenvalue weighted by Gasteiger charge is -2.12. The van der Waals surface area contributed by atoms with Crippen LogP contribution in [0.5, 0.6) is 0 Å². The van der Waals surface area contributed by atoms with E-state index in [9.17, 15) is 0 Å². The van der Waals surface area contributed by atoms with E-state index in [1.165, 1.54) is 87.9 Å². The molecule has 0 aliphatic heterocycles. The number of para-hydroxylation sites is 3. The summed E-state index contributed by atoms with van der Waals surface area (Å²) < 4.78 is 4.81. The lowest BCUT2D eigenvalue weighted by molar-refractivity contribution is 1.18. The fourth-order valence-electron chi connectivity index (χ4n) is 8.23. The largest absolute Gasteiger partial charge is 0.309 e. The number of benzene rings is 7. The molecule has 0 unspecified atom stereocenters. The predicted octanol–water partition coefficient (Wildman–Crippen LogP) is 11.7. The second kappa shape index (κ2) is 9.54. The van der Waals surface area contributed by atoms with E-state index in [1.807, 2.05) is 12.3 Å². The molecule has 1 aliphatic carbocycles. The number of fused-ring (bicyclic) bond motifs is 9. The molecule has 3 heterocycles. The van der Waals surface area contributed by atoms with Gasteiger partial charge < -0.3 is 9.13 Å². The molecule has 10 aromatic rings. The van der Waals surface area contributed by atoms with Gasteiger partial charge in [-0.25, -0.2) is 0 Å². The van der Waals surface area contributed by atoms with E-state index in [2.05, 4.69) is 161 Å². The molecule has 3 nitrogen and oxygen atoms in total. The van der Waals surface area contributed by atoms with Crippen LogP contribution >= 0.6 is 0 Å². The Bertz CT molecular complexity index is 2940. The number of hydrogen-bond acceptors (Lipinski definition) is 1. The number of nitrogens with zero attached hydrogens (tertiary/aromatic N) is 3. The zero-order valence-electron chi connectivity index (χ0n) is 25.9. The lowest BCUT2D eigenvalue weighted by Crippen LogP contribution is -1.95. The molecular weight excluding hydrogens is 583 g/mol. The van der Waals surface area contributed by atoms with Crippen LogP contribution in [0.2, 0.25) is 0 Å². The van der Waals surface area contributed by atoms with E-state index in [1.54, 1.807) is 0 Å². The minimum absolute atomic E-state index is 1.06. The van der Waals surface area contributed by atoms with Crippen molar-refractivity contribution in [2.24, 2.45) is 0 Å². The molecule has 0 bridgehead atoms. The van der Waals surface area contributed by atoms with Crippen molar-refractivity contribution in [1.82, 2.24) is 14.1 Å². The molecule has 48 heavy (non-hydrogen) atoms. The maximum Gasteiger partial charge on any atom is 0.0787 e. The second-order valence-corrected chi connectivity index (χ2v) is 12.8. The first-order valence-electron chi connectivity index (χ1n) is 16.5. The normalized spacial score (nSPS) is 12.2. The zero-order valence-corrected chi connectivity index (χ0v) is 25.9. The summed E-state index contributed by atoms with van der Waals surface area (Å²) in [6.07, 6.45) is 1.91. The van der Waals surface area contributed by atoms with E-state index in [4.69, 9.17) is 4.98 Å². The molecule has 0 spiro atoms. The van der Waals surface area contributed by atoms with Crippen LogP contribution in [0.25, 0.3) is 99.3 Å². The summed E-state index contributed by atoms with van der Waals surface area (Å²) in [6.45, 7) is 0. The highest BCUT2D eigenvalue weighted by Gasteiger charge is 2.24. The third kappa shape index (κ3) is 3.45. The Morgan fingerprint density at radius 3 is 1.90 bits per heavy atom. The summed E-state index contributed by atoms with van der Waals surface area (Å²) in [4.78, 5) is 4.86. The molecule has 0 N–H and O–H groups in total. The van der Waals surface area contributed by atoms with Crippen molar-refractivity contribution >= 4 is 54.4 Å². The van der Waals surface area contributed by atoms with Crippen molar-refractivity contribution in [3.63, 3.8) is 0 Å². The molecule has 0 atom stereocenters. The van der Waals surface area contributed by atoms with Crippen LogP contribution < -0.4 is 0 Å². The van der Waals surface area contributed by atoms with Gasteiger partial charge >= 0.3 is 0 Å². The Morgan fingerprint density at radius 2 is 1.04 bits per heavy atom. The van der Waals surface area contributed by atoms with Crippen molar-refractivity contribution in [1.29, 1.82) is 0 Å². The quantitative estimate of drug-likeness (QED) is 0.195. The highest BCUT2D eigenvalue weighted by Crippen LogP contribution is 2.47. The number of aromatic nitrogens is 3.